The van der Waals surface area contributed by atoms with Crippen molar-refractivity contribution in [1.29, 1.82) is 0 Å². The molecule has 0 bridgehead atoms. The van der Waals surface area contributed by atoms with Crippen LogP contribution >= 0.6 is 0 Å². The molecule has 0 saturated carbocycles. The molecule has 7 heteroatoms. The van der Waals surface area contributed by atoms with Gasteiger partial charge in [0.1, 0.15) is 5.82 Å². The number of nitrogens with one attached hydrogen (secondary N) is 2. The van der Waals surface area contributed by atoms with Crippen molar-refractivity contribution in [2.75, 3.05) is 12.4 Å². The summed E-state index contributed by atoms with van der Waals surface area (Å²) in [5.41, 5.74) is 2.40. The fourth-order valence-corrected chi connectivity index (χ4v) is 2.67. The highest BCUT2D eigenvalue weighted by Crippen LogP contribution is 2.26. The number of hydrogen-bond acceptors (Lipinski definition) is 4. The van der Waals surface area contributed by atoms with E-state index in [0.717, 1.165) is 23.1 Å². The van der Waals surface area contributed by atoms with Crippen LogP contribution in [0.15, 0.2) is 30.3 Å². The van der Waals surface area contributed by atoms with E-state index >= 15 is 0 Å². The van der Waals surface area contributed by atoms with Crippen molar-refractivity contribution in [3.63, 3.8) is 0 Å². The predicted octanol–water partition coefficient (Wildman–Crippen LogP) is 2.18. The number of amides is 1. The number of nitrogens with zero attached hydrogens (tertiary/aromatic N) is 3. The largest absolute Gasteiger partial charge is 0.367 e. The lowest BCUT2D eigenvalue weighted by Crippen LogP contribution is -2.22. The summed E-state index contributed by atoms with van der Waals surface area (Å²) in [6, 6.07) is 9.37. The minimum Gasteiger partial charge on any atom is -0.367 e. The van der Waals surface area contributed by atoms with E-state index in [-0.39, 0.29) is 5.91 Å². The Morgan fingerprint density at radius 1 is 1.39 bits per heavy atom. The lowest BCUT2D eigenvalue weighted by atomic mass is 10.1. The molecule has 1 aromatic carbocycles. The van der Waals surface area contributed by atoms with E-state index in [1.165, 1.54) is 7.11 Å². The monoisotopic (exact) mass is 313 g/mol. The van der Waals surface area contributed by atoms with Crippen molar-refractivity contribution in [2.45, 2.75) is 19.4 Å². The van der Waals surface area contributed by atoms with E-state index in [0.29, 0.717) is 11.5 Å². The second-order valence-electron chi connectivity index (χ2n) is 5.24. The van der Waals surface area contributed by atoms with Gasteiger partial charge in [-0.3, -0.25) is 9.89 Å². The van der Waals surface area contributed by atoms with E-state index in [1.54, 1.807) is 4.68 Å². The van der Waals surface area contributed by atoms with Crippen LogP contribution < -0.4 is 5.32 Å². The van der Waals surface area contributed by atoms with Crippen molar-refractivity contribution in [3.8, 4) is 0 Å². The quantitative estimate of drug-likeness (QED) is 0.756. The van der Waals surface area contributed by atoms with Gasteiger partial charge in [-0.1, -0.05) is 37.3 Å². The van der Waals surface area contributed by atoms with Gasteiger partial charge in [0.15, 0.2) is 11.8 Å². The molecule has 0 aliphatic rings. The average molecular weight is 313 g/mol. The SMILES string of the molecule is CCc1nn(C)c2n[nH]c(NC(=O)[C@@H](OC)c3ccccc3)c12. The summed E-state index contributed by atoms with van der Waals surface area (Å²) >= 11 is 0. The van der Waals surface area contributed by atoms with Crippen molar-refractivity contribution in [3.05, 3.63) is 41.6 Å². The Hall–Kier alpha value is -2.67. The summed E-state index contributed by atoms with van der Waals surface area (Å²) < 4.78 is 7.05. The Labute approximate surface area is 133 Å². The van der Waals surface area contributed by atoms with Gasteiger partial charge in [0.25, 0.3) is 5.91 Å². The summed E-state index contributed by atoms with van der Waals surface area (Å²) in [7, 11) is 3.34. The van der Waals surface area contributed by atoms with E-state index in [4.69, 9.17) is 4.74 Å². The number of rotatable bonds is 5. The Kier molecular flexibility index (Phi) is 4.12. The fourth-order valence-electron chi connectivity index (χ4n) is 2.67. The zero-order chi connectivity index (χ0) is 16.4. The van der Waals surface area contributed by atoms with Gasteiger partial charge in [-0.05, 0) is 12.0 Å². The molecule has 0 radical (unpaired) electrons. The van der Waals surface area contributed by atoms with Gasteiger partial charge in [-0.25, -0.2) is 4.68 Å². The Bertz CT molecular complexity index is 822. The number of anilines is 1. The number of aromatic amines is 1. The molecule has 0 fully saturated rings. The second kappa shape index (κ2) is 6.21. The van der Waals surface area contributed by atoms with Gasteiger partial charge in [0.05, 0.1) is 11.1 Å². The molecule has 0 saturated heterocycles. The number of fused-ring (bicyclic) bond motifs is 1. The maximum Gasteiger partial charge on any atom is 0.259 e. The Balaban J connectivity index is 1.91. The van der Waals surface area contributed by atoms with Crippen LogP contribution in [0.3, 0.4) is 0 Å². The van der Waals surface area contributed by atoms with Gasteiger partial charge in [0, 0.05) is 14.2 Å². The second-order valence-corrected chi connectivity index (χ2v) is 5.24. The van der Waals surface area contributed by atoms with Crippen molar-refractivity contribution < 1.29 is 9.53 Å². The minimum absolute atomic E-state index is 0.254. The third kappa shape index (κ3) is 2.70. The van der Waals surface area contributed by atoms with Crippen LogP contribution in [0.2, 0.25) is 0 Å². The number of H-pyrrole nitrogens is 1. The standard InChI is InChI=1S/C16H19N5O2/c1-4-11-12-14(18-19-15(12)21(2)20-11)17-16(22)13(23-3)10-8-6-5-7-9-10/h5-9,13H,4H2,1-3H3,(H2,17,18,19,22)/t13-/m0/s1. The number of methoxy groups -OCH3 is 1. The molecule has 1 atom stereocenters. The van der Waals surface area contributed by atoms with Crippen molar-refractivity contribution >= 4 is 22.8 Å². The number of hydrogen-bond donors (Lipinski definition) is 2. The van der Waals surface area contributed by atoms with Crippen LogP contribution in [-0.2, 0) is 23.0 Å². The summed E-state index contributed by atoms with van der Waals surface area (Å²) in [5.74, 6) is 0.295. The molecule has 0 unspecified atom stereocenters. The van der Waals surface area contributed by atoms with E-state index in [9.17, 15) is 4.79 Å². The molecule has 0 aliphatic heterocycles. The molecule has 2 aromatic heterocycles. The Morgan fingerprint density at radius 3 is 2.78 bits per heavy atom. The first kappa shape index (κ1) is 15.2. The number of benzene rings is 1. The normalized spacial score (nSPS) is 12.5. The first-order valence-electron chi connectivity index (χ1n) is 7.44. The van der Waals surface area contributed by atoms with Gasteiger partial charge < -0.3 is 10.1 Å². The molecular weight excluding hydrogens is 294 g/mol. The molecule has 7 nitrogen and oxygen atoms in total. The molecule has 1 amide bonds. The van der Waals surface area contributed by atoms with Crippen LogP contribution in [0.5, 0.6) is 0 Å². The van der Waals surface area contributed by atoms with E-state index < -0.39 is 6.10 Å². The van der Waals surface area contributed by atoms with Gasteiger partial charge in [-0.15, -0.1) is 0 Å². The minimum atomic E-state index is -0.684. The summed E-state index contributed by atoms with van der Waals surface area (Å²) in [6.07, 6.45) is 0.0721. The molecular formula is C16H19N5O2. The topological polar surface area (TPSA) is 84.8 Å². The number of carbonyl (C=O) groups is 1. The van der Waals surface area contributed by atoms with Crippen molar-refractivity contribution in [1.82, 2.24) is 20.0 Å². The highest BCUT2D eigenvalue weighted by atomic mass is 16.5. The Morgan fingerprint density at radius 2 is 2.13 bits per heavy atom. The fraction of sp³-hybridized carbons (Fsp3) is 0.312. The van der Waals surface area contributed by atoms with Crippen LogP contribution in [0, 0.1) is 0 Å². The van der Waals surface area contributed by atoms with Crippen molar-refractivity contribution in [2.24, 2.45) is 7.05 Å². The molecule has 3 rings (SSSR count). The molecule has 3 aromatic rings. The predicted molar refractivity (Wildman–Crippen MR) is 87.1 cm³/mol. The van der Waals surface area contributed by atoms with Crippen LogP contribution in [-0.4, -0.2) is 33.0 Å². The lowest BCUT2D eigenvalue weighted by Gasteiger charge is -2.15. The lowest BCUT2D eigenvalue weighted by molar-refractivity contribution is -0.126. The third-order valence-electron chi connectivity index (χ3n) is 3.77. The first-order valence-corrected chi connectivity index (χ1v) is 7.44. The summed E-state index contributed by atoms with van der Waals surface area (Å²) in [6.45, 7) is 2.02. The maximum atomic E-state index is 12.6. The smallest absolute Gasteiger partial charge is 0.259 e. The summed E-state index contributed by atoms with van der Waals surface area (Å²) in [4.78, 5) is 12.6. The number of aryl methyl sites for hydroxylation is 2. The first-order chi connectivity index (χ1) is 11.2. The number of carbonyl (C=O) groups excluding carboxylic acids is 1. The molecule has 0 spiro atoms. The van der Waals surface area contributed by atoms with Gasteiger partial charge in [-0.2, -0.15) is 10.2 Å². The molecule has 0 aliphatic carbocycles. The van der Waals surface area contributed by atoms with Gasteiger partial charge in [0.2, 0.25) is 0 Å². The molecule has 120 valence electrons. The molecule has 23 heavy (non-hydrogen) atoms. The zero-order valence-corrected chi connectivity index (χ0v) is 13.3. The molecule has 2 heterocycles. The van der Waals surface area contributed by atoms with Crippen LogP contribution in [0.1, 0.15) is 24.3 Å². The molecule has 2 N–H and O–H groups in total. The summed E-state index contributed by atoms with van der Waals surface area (Å²) in [5, 5.41) is 15.2. The number of aromatic nitrogens is 4. The van der Waals surface area contributed by atoms with E-state index in [2.05, 4.69) is 20.6 Å². The van der Waals surface area contributed by atoms with E-state index in [1.807, 2.05) is 44.3 Å². The van der Waals surface area contributed by atoms with Crippen LogP contribution in [0.4, 0.5) is 5.82 Å². The highest BCUT2D eigenvalue weighted by Gasteiger charge is 2.23. The van der Waals surface area contributed by atoms with Gasteiger partial charge >= 0.3 is 0 Å². The zero-order valence-electron chi connectivity index (χ0n) is 13.3. The van der Waals surface area contributed by atoms with Crippen LogP contribution in [0.25, 0.3) is 11.0 Å². The maximum absolute atomic E-state index is 12.6. The average Bonchev–Trinajstić information content (AvgIpc) is 3.11. The number of ether oxygens (including phenoxy) is 1. The highest BCUT2D eigenvalue weighted by molar-refractivity contribution is 6.01. The third-order valence-corrected chi connectivity index (χ3v) is 3.77.